The van der Waals surface area contributed by atoms with E-state index in [1.54, 1.807) is 17.4 Å². The van der Waals surface area contributed by atoms with Gasteiger partial charge in [-0.3, -0.25) is 0 Å². The molecule has 0 atom stereocenters. The van der Waals surface area contributed by atoms with Crippen molar-refractivity contribution in [2.75, 3.05) is 0 Å². The van der Waals surface area contributed by atoms with Crippen molar-refractivity contribution in [3.63, 3.8) is 0 Å². The maximum atomic E-state index is 13.6. The Balaban J connectivity index is 0.000000606. The van der Waals surface area contributed by atoms with Crippen LogP contribution in [0.3, 0.4) is 0 Å². The van der Waals surface area contributed by atoms with Crippen LogP contribution in [0, 0.1) is 12.7 Å². The van der Waals surface area contributed by atoms with Gasteiger partial charge in [0.05, 0.1) is 9.71 Å². The SMILES string of the molecule is CC.Cc1nc2c(F)cc(C(C)C)cc2s1. The van der Waals surface area contributed by atoms with Crippen molar-refractivity contribution in [1.82, 2.24) is 4.98 Å². The van der Waals surface area contributed by atoms with Gasteiger partial charge >= 0.3 is 0 Å². The topological polar surface area (TPSA) is 12.9 Å². The normalized spacial score (nSPS) is 10.4. The third-order valence-electron chi connectivity index (χ3n) is 2.24. The van der Waals surface area contributed by atoms with Gasteiger partial charge in [0.1, 0.15) is 5.52 Å². The number of benzene rings is 1. The Labute approximate surface area is 100 Å². The molecule has 0 aliphatic rings. The van der Waals surface area contributed by atoms with Gasteiger partial charge in [-0.1, -0.05) is 27.7 Å². The van der Waals surface area contributed by atoms with Gasteiger partial charge in [-0.05, 0) is 30.5 Å². The summed E-state index contributed by atoms with van der Waals surface area (Å²) in [5.74, 6) is 0.159. The highest BCUT2D eigenvalue weighted by Crippen LogP contribution is 2.28. The van der Waals surface area contributed by atoms with Gasteiger partial charge < -0.3 is 0 Å². The van der Waals surface area contributed by atoms with E-state index < -0.39 is 0 Å². The second-order valence-electron chi connectivity index (χ2n) is 3.74. The smallest absolute Gasteiger partial charge is 0.150 e. The number of rotatable bonds is 1. The molecule has 0 amide bonds. The molecule has 16 heavy (non-hydrogen) atoms. The summed E-state index contributed by atoms with van der Waals surface area (Å²) in [4.78, 5) is 4.16. The van der Waals surface area contributed by atoms with Crippen molar-refractivity contribution >= 4 is 21.6 Å². The van der Waals surface area contributed by atoms with Crippen LogP contribution in [0.4, 0.5) is 4.39 Å². The van der Waals surface area contributed by atoms with Gasteiger partial charge in [0.2, 0.25) is 0 Å². The highest BCUT2D eigenvalue weighted by Gasteiger charge is 2.09. The molecule has 2 rings (SSSR count). The number of hydrogen-bond donors (Lipinski definition) is 0. The molecule has 0 aliphatic carbocycles. The zero-order valence-corrected chi connectivity index (χ0v) is 11.3. The number of halogens is 1. The van der Waals surface area contributed by atoms with Crippen LogP contribution in [0.15, 0.2) is 12.1 Å². The van der Waals surface area contributed by atoms with Crippen LogP contribution in [0.1, 0.15) is 44.2 Å². The number of nitrogens with zero attached hydrogens (tertiary/aromatic N) is 1. The zero-order chi connectivity index (χ0) is 12.3. The maximum absolute atomic E-state index is 13.6. The van der Waals surface area contributed by atoms with Crippen molar-refractivity contribution < 1.29 is 4.39 Å². The van der Waals surface area contributed by atoms with Crippen LogP contribution in [0.25, 0.3) is 10.2 Å². The Morgan fingerprint density at radius 3 is 2.44 bits per heavy atom. The number of thiazole rings is 1. The van der Waals surface area contributed by atoms with Gasteiger partial charge in [0.25, 0.3) is 0 Å². The number of aromatic nitrogens is 1. The molecular formula is C13H18FNS. The molecule has 0 saturated heterocycles. The first kappa shape index (κ1) is 13.1. The molecule has 1 heterocycles. The summed E-state index contributed by atoms with van der Waals surface area (Å²) < 4.78 is 14.5. The lowest BCUT2D eigenvalue weighted by Crippen LogP contribution is -1.89. The van der Waals surface area contributed by atoms with Crippen molar-refractivity contribution in [2.45, 2.75) is 40.5 Å². The molecule has 1 aromatic carbocycles. The lowest BCUT2D eigenvalue weighted by molar-refractivity contribution is 0.633. The van der Waals surface area contributed by atoms with Gasteiger partial charge in [0.15, 0.2) is 5.82 Å². The molecule has 88 valence electrons. The Hall–Kier alpha value is -0.960. The van der Waals surface area contributed by atoms with Crippen molar-refractivity contribution in [3.05, 3.63) is 28.5 Å². The van der Waals surface area contributed by atoms with Gasteiger partial charge in [-0.25, -0.2) is 9.37 Å². The number of aryl methyl sites for hydroxylation is 1. The minimum atomic E-state index is -0.199. The van der Waals surface area contributed by atoms with Crippen molar-refractivity contribution in [2.24, 2.45) is 0 Å². The molecule has 1 nitrogen and oxygen atoms in total. The summed E-state index contributed by atoms with van der Waals surface area (Å²) in [6, 6.07) is 3.62. The molecule has 1 aromatic heterocycles. The Kier molecular flexibility index (Phi) is 4.42. The van der Waals surface area contributed by atoms with Gasteiger partial charge in [0, 0.05) is 0 Å². The summed E-state index contributed by atoms with van der Waals surface area (Å²) in [6.45, 7) is 10.0. The summed E-state index contributed by atoms with van der Waals surface area (Å²) in [5.41, 5.74) is 1.55. The fourth-order valence-electron chi connectivity index (χ4n) is 1.45. The predicted molar refractivity (Wildman–Crippen MR) is 69.8 cm³/mol. The summed E-state index contributed by atoms with van der Waals surface area (Å²) in [7, 11) is 0. The van der Waals surface area contributed by atoms with Crippen molar-refractivity contribution in [3.8, 4) is 0 Å². The Morgan fingerprint density at radius 1 is 1.25 bits per heavy atom. The molecule has 0 aliphatic heterocycles. The van der Waals surface area contributed by atoms with E-state index in [2.05, 4.69) is 18.8 Å². The lowest BCUT2D eigenvalue weighted by atomic mass is 10.0. The average Bonchev–Trinajstić information content (AvgIpc) is 2.62. The molecule has 0 fully saturated rings. The van der Waals surface area contributed by atoms with E-state index in [4.69, 9.17) is 0 Å². The molecule has 0 N–H and O–H groups in total. The van der Waals surface area contributed by atoms with Crippen LogP contribution in [0.2, 0.25) is 0 Å². The monoisotopic (exact) mass is 239 g/mol. The Morgan fingerprint density at radius 2 is 1.88 bits per heavy atom. The van der Waals surface area contributed by atoms with Crippen molar-refractivity contribution in [1.29, 1.82) is 0 Å². The molecule has 3 heteroatoms. The first-order valence-corrected chi connectivity index (χ1v) is 6.46. The summed E-state index contributed by atoms with van der Waals surface area (Å²) in [5, 5.41) is 0.916. The fraction of sp³-hybridized carbons (Fsp3) is 0.462. The lowest BCUT2D eigenvalue weighted by Gasteiger charge is -2.04. The largest absolute Gasteiger partial charge is 0.238 e. The van der Waals surface area contributed by atoms with E-state index in [0.717, 1.165) is 15.3 Å². The first-order chi connectivity index (χ1) is 7.58. The van der Waals surface area contributed by atoms with E-state index >= 15 is 0 Å². The maximum Gasteiger partial charge on any atom is 0.150 e. The van der Waals surface area contributed by atoms with Crippen LogP contribution < -0.4 is 0 Å². The summed E-state index contributed by atoms with van der Waals surface area (Å²) in [6.07, 6.45) is 0. The first-order valence-electron chi connectivity index (χ1n) is 5.64. The predicted octanol–water partition coefficient (Wildman–Crippen LogP) is 4.89. The zero-order valence-electron chi connectivity index (χ0n) is 10.5. The molecule has 0 saturated carbocycles. The molecule has 0 spiro atoms. The fourth-order valence-corrected chi connectivity index (χ4v) is 2.34. The Bertz CT molecular complexity index is 474. The summed E-state index contributed by atoms with van der Waals surface area (Å²) >= 11 is 1.55. The number of hydrogen-bond acceptors (Lipinski definition) is 2. The molecule has 0 bridgehead atoms. The van der Waals surface area contributed by atoms with E-state index in [-0.39, 0.29) is 5.82 Å². The standard InChI is InChI=1S/C11H12FNS.C2H6/c1-6(2)8-4-9(12)11-10(5-8)14-7(3)13-11;1-2/h4-6H,1-3H3;1-2H3. The highest BCUT2D eigenvalue weighted by molar-refractivity contribution is 7.18. The van der Waals surface area contributed by atoms with E-state index in [1.165, 1.54) is 0 Å². The van der Waals surface area contributed by atoms with Gasteiger partial charge in [-0.2, -0.15) is 0 Å². The minimum Gasteiger partial charge on any atom is -0.238 e. The molecular weight excluding hydrogens is 221 g/mol. The van der Waals surface area contributed by atoms with Gasteiger partial charge in [-0.15, -0.1) is 11.3 Å². The van der Waals surface area contributed by atoms with Crippen LogP contribution in [0.5, 0.6) is 0 Å². The molecule has 2 aromatic rings. The highest BCUT2D eigenvalue weighted by atomic mass is 32.1. The quantitative estimate of drug-likeness (QED) is 0.690. The van der Waals surface area contributed by atoms with E-state index in [1.807, 2.05) is 26.8 Å². The second kappa shape index (κ2) is 5.39. The number of fused-ring (bicyclic) bond motifs is 1. The average molecular weight is 239 g/mol. The minimum absolute atomic E-state index is 0.199. The van der Waals surface area contributed by atoms with Crippen LogP contribution >= 0.6 is 11.3 Å². The van der Waals surface area contributed by atoms with Crippen LogP contribution in [-0.2, 0) is 0 Å². The van der Waals surface area contributed by atoms with E-state index in [0.29, 0.717) is 11.4 Å². The molecule has 0 unspecified atom stereocenters. The second-order valence-corrected chi connectivity index (χ2v) is 4.97. The van der Waals surface area contributed by atoms with Crippen LogP contribution in [-0.4, -0.2) is 4.98 Å². The third-order valence-corrected chi connectivity index (χ3v) is 3.16. The molecule has 0 radical (unpaired) electrons. The third kappa shape index (κ3) is 2.59. The van der Waals surface area contributed by atoms with E-state index in [9.17, 15) is 4.39 Å².